The zero-order chi connectivity index (χ0) is 14.7. The molecule has 0 fully saturated rings. The number of nitrogen functional groups attached to an aromatic ring is 1. The normalized spacial score (nSPS) is 10.3. The van der Waals surface area contributed by atoms with Crippen LogP contribution in [0, 0.1) is 6.92 Å². The van der Waals surface area contributed by atoms with E-state index >= 15 is 0 Å². The van der Waals surface area contributed by atoms with E-state index in [0.29, 0.717) is 23.6 Å². The first-order valence-electron chi connectivity index (χ1n) is 6.34. The zero-order valence-electron chi connectivity index (χ0n) is 11.8. The summed E-state index contributed by atoms with van der Waals surface area (Å²) in [5.74, 6) is 0.507. The van der Waals surface area contributed by atoms with E-state index in [1.54, 1.807) is 17.9 Å². The van der Waals surface area contributed by atoms with Gasteiger partial charge in [-0.3, -0.25) is 9.48 Å². The number of rotatable bonds is 4. The Bertz CT molecular complexity index is 634. The Morgan fingerprint density at radius 1 is 1.50 bits per heavy atom. The fourth-order valence-electron chi connectivity index (χ4n) is 2.03. The monoisotopic (exact) mass is 274 g/mol. The first-order valence-corrected chi connectivity index (χ1v) is 6.34. The van der Waals surface area contributed by atoms with Crippen LogP contribution in [0.5, 0.6) is 5.75 Å². The predicted molar refractivity (Wildman–Crippen MR) is 78.0 cm³/mol. The van der Waals surface area contributed by atoms with Crippen LogP contribution in [0.25, 0.3) is 0 Å². The lowest BCUT2D eigenvalue weighted by Gasteiger charge is -2.10. The van der Waals surface area contributed by atoms with E-state index in [4.69, 9.17) is 10.5 Å². The van der Waals surface area contributed by atoms with Gasteiger partial charge in [0.25, 0.3) is 5.91 Å². The Balaban J connectivity index is 2.23. The number of hydrogen-bond donors (Lipinski definition) is 2. The topological polar surface area (TPSA) is 82.2 Å². The lowest BCUT2D eigenvalue weighted by molar-refractivity contribution is 0.101. The highest BCUT2D eigenvalue weighted by molar-refractivity contribution is 6.06. The predicted octanol–water partition coefficient (Wildman–Crippen LogP) is 2.05. The van der Waals surface area contributed by atoms with Crippen LogP contribution in [0.1, 0.15) is 23.0 Å². The van der Waals surface area contributed by atoms with Crippen LogP contribution in [0.2, 0.25) is 0 Å². The maximum Gasteiger partial charge on any atom is 0.276 e. The number of amides is 1. The van der Waals surface area contributed by atoms with Gasteiger partial charge in [0, 0.05) is 12.2 Å². The Hall–Kier alpha value is -2.50. The van der Waals surface area contributed by atoms with E-state index in [2.05, 4.69) is 10.4 Å². The smallest absolute Gasteiger partial charge is 0.276 e. The second-order valence-corrected chi connectivity index (χ2v) is 4.40. The van der Waals surface area contributed by atoms with Crippen molar-refractivity contribution in [2.45, 2.75) is 20.4 Å². The first kappa shape index (κ1) is 13.9. The summed E-state index contributed by atoms with van der Waals surface area (Å²) in [5, 5.41) is 6.87. The summed E-state index contributed by atoms with van der Waals surface area (Å²) < 4.78 is 6.76. The van der Waals surface area contributed by atoms with Crippen LogP contribution < -0.4 is 15.8 Å². The second kappa shape index (κ2) is 5.64. The molecule has 0 spiro atoms. The SMILES string of the molecule is CCn1ncc(N)c1C(=O)Nc1ccc(OC)c(C)c1. The van der Waals surface area contributed by atoms with Crippen LogP contribution in [0.15, 0.2) is 24.4 Å². The highest BCUT2D eigenvalue weighted by atomic mass is 16.5. The van der Waals surface area contributed by atoms with E-state index < -0.39 is 0 Å². The largest absolute Gasteiger partial charge is 0.496 e. The van der Waals surface area contributed by atoms with Gasteiger partial charge in [-0.15, -0.1) is 0 Å². The van der Waals surface area contributed by atoms with Crippen molar-refractivity contribution in [2.24, 2.45) is 0 Å². The number of carbonyl (C=O) groups is 1. The average Bonchev–Trinajstić information content (AvgIpc) is 2.80. The maximum atomic E-state index is 12.3. The summed E-state index contributed by atoms with van der Waals surface area (Å²) >= 11 is 0. The number of nitrogens with two attached hydrogens (primary N) is 1. The Morgan fingerprint density at radius 2 is 2.25 bits per heavy atom. The van der Waals surface area contributed by atoms with E-state index in [1.807, 2.05) is 26.0 Å². The maximum absolute atomic E-state index is 12.3. The molecule has 2 aromatic rings. The number of methoxy groups -OCH3 is 1. The van der Waals surface area contributed by atoms with Gasteiger partial charge in [0.1, 0.15) is 11.4 Å². The number of benzene rings is 1. The van der Waals surface area contributed by atoms with Gasteiger partial charge < -0.3 is 15.8 Å². The molecular formula is C14H18N4O2. The summed E-state index contributed by atoms with van der Waals surface area (Å²) in [6.45, 7) is 4.40. The molecular weight excluding hydrogens is 256 g/mol. The van der Waals surface area contributed by atoms with Crippen molar-refractivity contribution in [2.75, 3.05) is 18.2 Å². The Labute approximate surface area is 117 Å². The van der Waals surface area contributed by atoms with E-state index in [-0.39, 0.29) is 5.91 Å². The van der Waals surface area contributed by atoms with Crippen LogP contribution in [-0.2, 0) is 6.54 Å². The fraction of sp³-hybridized carbons (Fsp3) is 0.286. The zero-order valence-corrected chi connectivity index (χ0v) is 11.8. The molecule has 1 aromatic carbocycles. The number of carbonyl (C=O) groups excluding carboxylic acids is 1. The lowest BCUT2D eigenvalue weighted by Crippen LogP contribution is -2.18. The third-order valence-corrected chi connectivity index (χ3v) is 3.04. The number of aromatic nitrogens is 2. The summed E-state index contributed by atoms with van der Waals surface area (Å²) in [6, 6.07) is 5.44. The summed E-state index contributed by atoms with van der Waals surface area (Å²) in [6.07, 6.45) is 1.48. The molecule has 0 radical (unpaired) electrons. The van der Waals surface area contributed by atoms with Gasteiger partial charge in [-0.2, -0.15) is 5.10 Å². The number of nitrogens with one attached hydrogen (secondary N) is 1. The molecule has 106 valence electrons. The highest BCUT2D eigenvalue weighted by Gasteiger charge is 2.16. The lowest BCUT2D eigenvalue weighted by atomic mass is 10.2. The molecule has 3 N–H and O–H groups in total. The fourth-order valence-corrected chi connectivity index (χ4v) is 2.03. The molecule has 0 unspecified atom stereocenters. The average molecular weight is 274 g/mol. The molecule has 0 atom stereocenters. The van der Waals surface area contributed by atoms with Crippen LogP contribution >= 0.6 is 0 Å². The Kier molecular flexibility index (Phi) is 3.93. The van der Waals surface area contributed by atoms with E-state index in [0.717, 1.165) is 11.3 Å². The quantitative estimate of drug-likeness (QED) is 0.894. The third-order valence-electron chi connectivity index (χ3n) is 3.04. The van der Waals surface area contributed by atoms with Gasteiger partial charge in [-0.25, -0.2) is 0 Å². The first-order chi connectivity index (χ1) is 9.56. The summed E-state index contributed by atoms with van der Waals surface area (Å²) in [7, 11) is 1.61. The summed E-state index contributed by atoms with van der Waals surface area (Å²) in [4.78, 5) is 12.3. The number of ether oxygens (including phenoxy) is 1. The second-order valence-electron chi connectivity index (χ2n) is 4.40. The van der Waals surface area contributed by atoms with Crippen molar-refractivity contribution in [3.05, 3.63) is 35.7 Å². The Morgan fingerprint density at radius 3 is 2.85 bits per heavy atom. The van der Waals surface area contributed by atoms with Crippen molar-refractivity contribution in [1.82, 2.24) is 9.78 Å². The molecule has 0 saturated carbocycles. The van der Waals surface area contributed by atoms with E-state index in [9.17, 15) is 4.79 Å². The number of aryl methyl sites for hydroxylation is 2. The summed E-state index contributed by atoms with van der Waals surface area (Å²) in [5.41, 5.74) is 8.17. The van der Waals surface area contributed by atoms with Crippen LogP contribution in [0.3, 0.4) is 0 Å². The van der Waals surface area contributed by atoms with Gasteiger partial charge >= 0.3 is 0 Å². The van der Waals surface area contributed by atoms with Crippen LogP contribution in [0.4, 0.5) is 11.4 Å². The number of hydrogen-bond acceptors (Lipinski definition) is 4. The van der Waals surface area contributed by atoms with Gasteiger partial charge in [-0.05, 0) is 37.6 Å². The minimum Gasteiger partial charge on any atom is -0.496 e. The molecule has 6 nitrogen and oxygen atoms in total. The van der Waals surface area contributed by atoms with E-state index in [1.165, 1.54) is 6.20 Å². The van der Waals surface area contributed by atoms with Crippen molar-refractivity contribution in [3.8, 4) is 5.75 Å². The number of anilines is 2. The molecule has 6 heteroatoms. The molecule has 0 aliphatic rings. The van der Waals surface area contributed by atoms with Crippen molar-refractivity contribution < 1.29 is 9.53 Å². The molecule has 20 heavy (non-hydrogen) atoms. The van der Waals surface area contributed by atoms with Crippen molar-refractivity contribution in [3.63, 3.8) is 0 Å². The molecule has 1 aromatic heterocycles. The molecule has 0 aliphatic carbocycles. The molecule has 0 aliphatic heterocycles. The van der Waals surface area contributed by atoms with Crippen LogP contribution in [-0.4, -0.2) is 22.8 Å². The van der Waals surface area contributed by atoms with Crippen molar-refractivity contribution >= 4 is 17.3 Å². The standard InChI is InChI=1S/C14H18N4O2/c1-4-18-13(11(15)8-16-18)14(19)17-10-5-6-12(20-3)9(2)7-10/h5-8H,4,15H2,1-3H3,(H,17,19). The van der Waals surface area contributed by atoms with Gasteiger partial charge in [0.2, 0.25) is 0 Å². The van der Waals surface area contributed by atoms with Gasteiger partial charge in [-0.1, -0.05) is 0 Å². The molecule has 0 bridgehead atoms. The highest BCUT2D eigenvalue weighted by Crippen LogP contribution is 2.22. The molecule has 2 rings (SSSR count). The number of nitrogens with zero attached hydrogens (tertiary/aromatic N) is 2. The minimum atomic E-state index is -0.272. The van der Waals surface area contributed by atoms with Crippen molar-refractivity contribution in [1.29, 1.82) is 0 Å². The van der Waals surface area contributed by atoms with Gasteiger partial charge in [0.05, 0.1) is 19.0 Å². The minimum absolute atomic E-state index is 0.272. The third kappa shape index (κ3) is 2.59. The molecule has 1 heterocycles. The van der Waals surface area contributed by atoms with Gasteiger partial charge in [0.15, 0.2) is 0 Å². The molecule has 0 saturated heterocycles. The molecule has 1 amide bonds.